The third kappa shape index (κ3) is 4.08. The summed E-state index contributed by atoms with van der Waals surface area (Å²) >= 11 is 0. The first kappa shape index (κ1) is 14.6. The van der Waals surface area contributed by atoms with E-state index in [-0.39, 0.29) is 0 Å². The first-order valence-corrected chi connectivity index (χ1v) is 6.19. The quantitative estimate of drug-likeness (QED) is 0.784. The van der Waals surface area contributed by atoms with Crippen LogP contribution in [-0.2, 0) is 0 Å². The molecule has 0 aliphatic carbocycles. The second-order valence-corrected chi connectivity index (χ2v) is 4.51. The molecule has 1 aromatic carbocycles. The summed E-state index contributed by atoms with van der Waals surface area (Å²) in [5, 5.41) is 3.20. The molecular formula is C15H23NO2. The molecule has 0 amide bonds. The second-order valence-electron chi connectivity index (χ2n) is 4.51. The summed E-state index contributed by atoms with van der Waals surface area (Å²) in [5.41, 5.74) is 2.43. The molecule has 1 N–H and O–H groups in total. The Labute approximate surface area is 110 Å². The van der Waals surface area contributed by atoms with Crippen molar-refractivity contribution in [3.05, 3.63) is 35.4 Å². The molecule has 0 fully saturated rings. The minimum atomic E-state index is 0.297. The molecule has 0 aliphatic rings. The number of ether oxygens (including phenoxy) is 2. The highest BCUT2D eigenvalue weighted by Gasteiger charge is 2.08. The highest BCUT2D eigenvalue weighted by Crippen LogP contribution is 2.30. The van der Waals surface area contributed by atoms with Crippen LogP contribution >= 0.6 is 0 Å². The van der Waals surface area contributed by atoms with Gasteiger partial charge in [-0.1, -0.05) is 11.6 Å². The molecule has 3 heteroatoms. The fourth-order valence-corrected chi connectivity index (χ4v) is 1.54. The topological polar surface area (TPSA) is 30.5 Å². The maximum Gasteiger partial charge on any atom is 0.161 e. The Bertz CT molecular complexity index is 409. The Hall–Kier alpha value is -1.48. The number of methoxy groups -OCH3 is 1. The van der Waals surface area contributed by atoms with E-state index in [1.807, 2.05) is 25.3 Å². The highest BCUT2D eigenvalue weighted by atomic mass is 16.5. The SMILES string of the molecule is CNC(C)c1ccc(OCC=C(C)C)c(OC)c1. The summed E-state index contributed by atoms with van der Waals surface area (Å²) in [4.78, 5) is 0. The monoisotopic (exact) mass is 249 g/mol. The van der Waals surface area contributed by atoms with Crippen LogP contribution in [0.25, 0.3) is 0 Å². The predicted molar refractivity (Wildman–Crippen MR) is 75.4 cm³/mol. The molecule has 1 atom stereocenters. The lowest BCUT2D eigenvalue weighted by Crippen LogP contribution is -2.12. The molecule has 1 unspecified atom stereocenters. The molecular weight excluding hydrogens is 226 g/mol. The van der Waals surface area contributed by atoms with Crippen molar-refractivity contribution in [1.82, 2.24) is 5.32 Å². The van der Waals surface area contributed by atoms with Gasteiger partial charge in [0, 0.05) is 6.04 Å². The van der Waals surface area contributed by atoms with Crippen LogP contribution in [0.2, 0.25) is 0 Å². The molecule has 0 aromatic heterocycles. The Morgan fingerprint density at radius 3 is 2.61 bits per heavy atom. The third-order valence-corrected chi connectivity index (χ3v) is 2.85. The van der Waals surface area contributed by atoms with Crippen molar-refractivity contribution < 1.29 is 9.47 Å². The summed E-state index contributed by atoms with van der Waals surface area (Å²) in [7, 11) is 3.60. The Morgan fingerprint density at radius 1 is 1.33 bits per heavy atom. The number of benzene rings is 1. The van der Waals surface area contributed by atoms with Gasteiger partial charge in [-0.2, -0.15) is 0 Å². The van der Waals surface area contributed by atoms with Crippen LogP contribution in [0.5, 0.6) is 11.5 Å². The Balaban J connectivity index is 2.83. The van der Waals surface area contributed by atoms with Crippen molar-refractivity contribution in [2.45, 2.75) is 26.8 Å². The van der Waals surface area contributed by atoms with E-state index in [0.29, 0.717) is 12.6 Å². The molecule has 1 aromatic rings. The molecule has 0 spiro atoms. The van der Waals surface area contributed by atoms with Crippen LogP contribution in [-0.4, -0.2) is 20.8 Å². The zero-order chi connectivity index (χ0) is 13.5. The third-order valence-electron chi connectivity index (χ3n) is 2.85. The lowest BCUT2D eigenvalue weighted by Gasteiger charge is -2.15. The van der Waals surface area contributed by atoms with Gasteiger partial charge in [-0.15, -0.1) is 0 Å². The summed E-state index contributed by atoms with van der Waals surface area (Å²) in [6.07, 6.45) is 2.05. The van der Waals surface area contributed by atoms with E-state index >= 15 is 0 Å². The molecule has 0 radical (unpaired) electrons. The minimum Gasteiger partial charge on any atom is -0.493 e. The standard InChI is InChI=1S/C15H23NO2/c1-11(2)8-9-18-14-7-6-13(12(3)16-4)10-15(14)17-5/h6-8,10,12,16H,9H2,1-5H3. The van der Waals surface area contributed by atoms with Crippen molar-refractivity contribution in [2.75, 3.05) is 20.8 Å². The van der Waals surface area contributed by atoms with Crippen LogP contribution in [0, 0.1) is 0 Å². The Morgan fingerprint density at radius 2 is 2.06 bits per heavy atom. The zero-order valence-corrected chi connectivity index (χ0v) is 11.9. The maximum absolute atomic E-state index is 5.69. The summed E-state index contributed by atoms with van der Waals surface area (Å²) < 4.78 is 11.1. The van der Waals surface area contributed by atoms with Gasteiger partial charge in [0.15, 0.2) is 11.5 Å². The fraction of sp³-hybridized carbons (Fsp3) is 0.467. The minimum absolute atomic E-state index is 0.297. The normalized spacial score (nSPS) is 11.8. The van der Waals surface area contributed by atoms with Gasteiger partial charge in [0.25, 0.3) is 0 Å². The van der Waals surface area contributed by atoms with Crippen molar-refractivity contribution >= 4 is 0 Å². The van der Waals surface area contributed by atoms with E-state index in [1.54, 1.807) is 7.11 Å². The average molecular weight is 249 g/mol. The van der Waals surface area contributed by atoms with E-state index < -0.39 is 0 Å². The summed E-state index contributed by atoms with van der Waals surface area (Å²) in [6.45, 7) is 6.79. The van der Waals surface area contributed by atoms with Gasteiger partial charge in [0.1, 0.15) is 6.61 Å². The van der Waals surface area contributed by atoms with E-state index in [4.69, 9.17) is 9.47 Å². The number of rotatable bonds is 6. The number of nitrogens with one attached hydrogen (secondary N) is 1. The van der Waals surface area contributed by atoms with Gasteiger partial charge in [0.2, 0.25) is 0 Å². The van der Waals surface area contributed by atoms with Crippen LogP contribution in [0.3, 0.4) is 0 Å². The van der Waals surface area contributed by atoms with Gasteiger partial charge >= 0.3 is 0 Å². The highest BCUT2D eigenvalue weighted by molar-refractivity contribution is 5.43. The van der Waals surface area contributed by atoms with Crippen LogP contribution in [0.1, 0.15) is 32.4 Å². The first-order valence-electron chi connectivity index (χ1n) is 6.19. The van der Waals surface area contributed by atoms with Crippen molar-refractivity contribution in [2.24, 2.45) is 0 Å². The molecule has 0 saturated heterocycles. The predicted octanol–water partition coefficient (Wildman–Crippen LogP) is 3.32. The molecule has 0 saturated carbocycles. The van der Waals surface area contributed by atoms with Crippen LogP contribution in [0.4, 0.5) is 0 Å². The Kier molecular flexibility index (Phi) is 5.72. The number of allylic oxidation sites excluding steroid dienone is 1. The molecule has 0 bridgehead atoms. The molecule has 0 heterocycles. The van der Waals surface area contributed by atoms with Gasteiger partial charge in [-0.3, -0.25) is 0 Å². The zero-order valence-electron chi connectivity index (χ0n) is 11.9. The molecule has 0 aliphatic heterocycles. The summed E-state index contributed by atoms with van der Waals surface area (Å²) in [6, 6.07) is 6.33. The summed E-state index contributed by atoms with van der Waals surface area (Å²) in [5.74, 6) is 1.55. The number of hydrogen-bond acceptors (Lipinski definition) is 3. The van der Waals surface area contributed by atoms with Gasteiger partial charge in [-0.05, 0) is 51.6 Å². The lowest BCUT2D eigenvalue weighted by atomic mass is 10.1. The second kappa shape index (κ2) is 7.07. The molecule has 1 rings (SSSR count). The molecule has 100 valence electrons. The largest absolute Gasteiger partial charge is 0.493 e. The van der Waals surface area contributed by atoms with Gasteiger partial charge in [0.05, 0.1) is 7.11 Å². The average Bonchev–Trinajstić information content (AvgIpc) is 2.37. The first-order chi connectivity index (χ1) is 8.58. The molecule has 18 heavy (non-hydrogen) atoms. The van der Waals surface area contributed by atoms with Crippen molar-refractivity contribution in [1.29, 1.82) is 0 Å². The van der Waals surface area contributed by atoms with E-state index in [9.17, 15) is 0 Å². The fourth-order valence-electron chi connectivity index (χ4n) is 1.54. The van der Waals surface area contributed by atoms with E-state index in [2.05, 4.69) is 32.2 Å². The van der Waals surface area contributed by atoms with Gasteiger partial charge in [-0.25, -0.2) is 0 Å². The van der Waals surface area contributed by atoms with Crippen molar-refractivity contribution in [3.8, 4) is 11.5 Å². The van der Waals surface area contributed by atoms with Crippen LogP contribution in [0.15, 0.2) is 29.8 Å². The van der Waals surface area contributed by atoms with Crippen molar-refractivity contribution in [3.63, 3.8) is 0 Å². The van der Waals surface area contributed by atoms with E-state index in [1.165, 1.54) is 11.1 Å². The lowest BCUT2D eigenvalue weighted by molar-refractivity contribution is 0.325. The number of hydrogen-bond donors (Lipinski definition) is 1. The van der Waals surface area contributed by atoms with Gasteiger partial charge < -0.3 is 14.8 Å². The maximum atomic E-state index is 5.69. The van der Waals surface area contributed by atoms with E-state index in [0.717, 1.165) is 11.5 Å². The molecule has 3 nitrogen and oxygen atoms in total. The van der Waals surface area contributed by atoms with Crippen LogP contribution < -0.4 is 14.8 Å². The smallest absolute Gasteiger partial charge is 0.161 e.